The number of allylic oxidation sites excluding steroid dienone is 1. The molecule has 1 N–H and O–H groups in total. The van der Waals surface area contributed by atoms with E-state index in [9.17, 15) is 4.79 Å². The predicted molar refractivity (Wildman–Crippen MR) is 125 cm³/mol. The minimum Gasteiger partial charge on any atom is -0.301 e. The maximum atomic E-state index is 12.4. The summed E-state index contributed by atoms with van der Waals surface area (Å²) in [6.07, 6.45) is 1.75. The van der Waals surface area contributed by atoms with Gasteiger partial charge in [-0.25, -0.2) is 4.98 Å². The van der Waals surface area contributed by atoms with Crippen LogP contribution in [0.5, 0.6) is 0 Å². The second kappa shape index (κ2) is 9.18. The Balaban J connectivity index is 1.48. The van der Waals surface area contributed by atoms with Crippen LogP contribution >= 0.6 is 46.3 Å². The Kier molecular flexibility index (Phi) is 6.38. The number of benzene rings is 2. The summed E-state index contributed by atoms with van der Waals surface area (Å²) in [4.78, 5) is 16.8. The maximum absolute atomic E-state index is 12.4. The van der Waals surface area contributed by atoms with Gasteiger partial charge >= 0.3 is 0 Å². The fourth-order valence-electron chi connectivity index (χ4n) is 2.75. The van der Waals surface area contributed by atoms with E-state index in [1.807, 2.05) is 34.9 Å². The molecule has 0 spiro atoms. The molecule has 0 unspecified atom stereocenters. The number of hydrogen-bond acceptors (Lipinski definition) is 6. The summed E-state index contributed by atoms with van der Waals surface area (Å²) in [6, 6.07) is 13.0. The maximum Gasteiger partial charge on any atom is 0.236 e. The van der Waals surface area contributed by atoms with E-state index >= 15 is 0 Å². The Morgan fingerprint density at radius 1 is 1.20 bits per heavy atom. The number of aromatic nitrogens is 4. The van der Waals surface area contributed by atoms with Gasteiger partial charge in [-0.3, -0.25) is 9.36 Å². The Hall–Kier alpha value is -2.39. The zero-order valence-corrected chi connectivity index (χ0v) is 18.7. The highest BCUT2D eigenvalue weighted by Gasteiger charge is 2.16. The molecule has 4 rings (SSSR count). The number of amides is 1. The van der Waals surface area contributed by atoms with Crippen LogP contribution in [0.1, 0.15) is 0 Å². The number of hydrogen-bond donors (Lipinski definition) is 1. The Morgan fingerprint density at radius 3 is 2.80 bits per heavy atom. The van der Waals surface area contributed by atoms with Crippen LogP contribution in [0.25, 0.3) is 21.6 Å². The summed E-state index contributed by atoms with van der Waals surface area (Å²) in [6.45, 7) is 4.29. The van der Waals surface area contributed by atoms with E-state index in [2.05, 4.69) is 27.1 Å². The SMILES string of the molecule is C=CCn1c(SCC(=O)Nc2nc3ccccc3s2)nnc1-c1ccc(Cl)c(Cl)c1. The molecule has 0 fully saturated rings. The number of nitrogens with one attached hydrogen (secondary N) is 1. The second-order valence-electron chi connectivity index (χ2n) is 6.16. The van der Waals surface area contributed by atoms with Gasteiger partial charge in [0.05, 0.1) is 26.0 Å². The van der Waals surface area contributed by atoms with Crippen LogP contribution < -0.4 is 5.32 Å². The van der Waals surface area contributed by atoms with Crippen molar-refractivity contribution in [2.24, 2.45) is 0 Å². The van der Waals surface area contributed by atoms with Crippen LogP contribution in [0.2, 0.25) is 10.0 Å². The third-order valence-corrected chi connectivity index (χ3v) is 6.74. The summed E-state index contributed by atoms with van der Waals surface area (Å²) in [5.41, 5.74) is 1.65. The molecule has 0 atom stereocenters. The smallest absolute Gasteiger partial charge is 0.236 e. The lowest BCUT2D eigenvalue weighted by molar-refractivity contribution is -0.113. The molecular formula is C20H15Cl2N5OS2. The van der Waals surface area contributed by atoms with Crippen LogP contribution in [-0.4, -0.2) is 31.4 Å². The van der Waals surface area contributed by atoms with Crippen molar-refractivity contribution < 1.29 is 4.79 Å². The molecule has 1 amide bonds. The number of carbonyl (C=O) groups excluding carboxylic acids is 1. The van der Waals surface area contributed by atoms with Crippen molar-refractivity contribution in [3.05, 3.63) is 65.2 Å². The quantitative estimate of drug-likeness (QED) is 0.271. The van der Waals surface area contributed by atoms with Gasteiger partial charge in [-0.05, 0) is 30.3 Å². The van der Waals surface area contributed by atoms with Crippen LogP contribution in [0.15, 0.2) is 60.3 Å². The third-order valence-electron chi connectivity index (χ3n) is 4.08. The number of para-hydroxylation sites is 1. The summed E-state index contributed by atoms with van der Waals surface area (Å²) in [7, 11) is 0. The highest BCUT2D eigenvalue weighted by Crippen LogP contribution is 2.30. The molecule has 0 radical (unpaired) electrons. The van der Waals surface area contributed by atoms with E-state index in [4.69, 9.17) is 23.2 Å². The van der Waals surface area contributed by atoms with E-state index in [1.54, 1.807) is 18.2 Å². The summed E-state index contributed by atoms with van der Waals surface area (Å²) >= 11 is 14.9. The lowest BCUT2D eigenvalue weighted by Gasteiger charge is -2.08. The van der Waals surface area contributed by atoms with E-state index in [0.29, 0.717) is 32.7 Å². The third kappa shape index (κ3) is 4.52. The fourth-order valence-corrected chi connectivity index (χ4v) is 4.68. The average Bonchev–Trinajstić information content (AvgIpc) is 3.32. The number of nitrogens with zero attached hydrogens (tertiary/aromatic N) is 4. The van der Waals surface area contributed by atoms with Crippen LogP contribution in [-0.2, 0) is 11.3 Å². The molecule has 4 aromatic rings. The van der Waals surface area contributed by atoms with Crippen molar-refractivity contribution in [3.63, 3.8) is 0 Å². The van der Waals surface area contributed by atoms with Crippen LogP contribution in [0, 0.1) is 0 Å². The topological polar surface area (TPSA) is 72.7 Å². The molecule has 0 aliphatic heterocycles. The molecule has 30 heavy (non-hydrogen) atoms. The molecular weight excluding hydrogens is 461 g/mol. The molecule has 2 aromatic heterocycles. The van der Waals surface area contributed by atoms with Gasteiger partial charge in [0.25, 0.3) is 0 Å². The predicted octanol–water partition coefficient (Wildman–Crippen LogP) is 5.78. The Labute approximate surface area is 190 Å². The van der Waals surface area contributed by atoms with Crippen molar-refractivity contribution >= 4 is 67.6 Å². The van der Waals surface area contributed by atoms with Gasteiger partial charge in [-0.2, -0.15) is 0 Å². The minimum atomic E-state index is -0.164. The molecule has 152 valence electrons. The van der Waals surface area contributed by atoms with E-state index in [0.717, 1.165) is 15.8 Å². The number of thioether (sulfide) groups is 1. The van der Waals surface area contributed by atoms with Gasteiger partial charge in [0.15, 0.2) is 16.1 Å². The first kappa shape index (κ1) is 20.9. The number of anilines is 1. The molecule has 0 aliphatic rings. The van der Waals surface area contributed by atoms with Gasteiger partial charge in [-0.15, -0.1) is 16.8 Å². The Bertz CT molecular complexity index is 1200. The molecule has 0 saturated carbocycles. The number of fused-ring (bicyclic) bond motifs is 1. The average molecular weight is 476 g/mol. The highest BCUT2D eigenvalue weighted by atomic mass is 35.5. The first-order chi connectivity index (χ1) is 14.5. The molecule has 0 saturated heterocycles. The van der Waals surface area contributed by atoms with Gasteiger partial charge in [-0.1, -0.05) is 64.5 Å². The normalized spacial score (nSPS) is 11.0. The van der Waals surface area contributed by atoms with Gasteiger partial charge < -0.3 is 5.32 Å². The first-order valence-electron chi connectivity index (χ1n) is 8.83. The largest absolute Gasteiger partial charge is 0.301 e. The number of thiazole rings is 1. The minimum absolute atomic E-state index is 0.164. The molecule has 0 aliphatic carbocycles. The van der Waals surface area contributed by atoms with Crippen molar-refractivity contribution in [1.82, 2.24) is 19.7 Å². The van der Waals surface area contributed by atoms with Crippen LogP contribution in [0.4, 0.5) is 5.13 Å². The molecule has 2 heterocycles. The van der Waals surface area contributed by atoms with Gasteiger partial charge in [0.2, 0.25) is 5.91 Å². The van der Waals surface area contributed by atoms with Crippen molar-refractivity contribution in [3.8, 4) is 11.4 Å². The lowest BCUT2D eigenvalue weighted by atomic mass is 10.2. The van der Waals surface area contributed by atoms with Crippen molar-refractivity contribution in [2.45, 2.75) is 11.7 Å². The summed E-state index contributed by atoms with van der Waals surface area (Å²) < 4.78 is 2.90. The monoisotopic (exact) mass is 475 g/mol. The molecule has 2 aromatic carbocycles. The van der Waals surface area contributed by atoms with Crippen molar-refractivity contribution in [2.75, 3.05) is 11.1 Å². The van der Waals surface area contributed by atoms with E-state index in [1.165, 1.54) is 23.1 Å². The number of carbonyl (C=O) groups is 1. The Morgan fingerprint density at radius 2 is 2.03 bits per heavy atom. The van der Waals surface area contributed by atoms with Gasteiger partial charge in [0, 0.05) is 12.1 Å². The zero-order valence-electron chi connectivity index (χ0n) is 15.5. The zero-order chi connectivity index (χ0) is 21.1. The molecule has 6 nitrogen and oxygen atoms in total. The number of halogens is 2. The molecule has 10 heteroatoms. The summed E-state index contributed by atoms with van der Waals surface area (Å²) in [5.74, 6) is 0.637. The fraction of sp³-hybridized carbons (Fsp3) is 0.100. The molecule has 0 bridgehead atoms. The highest BCUT2D eigenvalue weighted by molar-refractivity contribution is 7.99. The second-order valence-corrected chi connectivity index (χ2v) is 8.95. The van der Waals surface area contributed by atoms with E-state index in [-0.39, 0.29) is 11.7 Å². The van der Waals surface area contributed by atoms with Crippen molar-refractivity contribution in [1.29, 1.82) is 0 Å². The standard InChI is InChI=1S/C20H15Cl2N5OS2/c1-2-9-27-18(12-7-8-13(21)14(22)10-12)25-26-20(27)29-11-17(28)24-19-23-15-5-3-4-6-16(15)30-19/h2-8,10H,1,9,11H2,(H,23,24,28). The summed E-state index contributed by atoms with van der Waals surface area (Å²) in [5, 5.41) is 13.4. The number of rotatable bonds is 7. The van der Waals surface area contributed by atoms with Gasteiger partial charge in [0.1, 0.15) is 0 Å². The van der Waals surface area contributed by atoms with Crippen LogP contribution in [0.3, 0.4) is 0 Å². The van der Waals surface area contributed by atoms with E-state index < -0.39 is 0 Å². The first-order valence-corrected chi connectivity index (χ1v) is 11.4. The lowest BCUT2D eigenvalue weighted by Crippen LogP contribution is -2.14.